The van der Waals surface area contributed by atoms with Gasteiger partial charge in [0.15, 0.2) is 0 Å². The van der Waals surface area contributed by atoms with Crippen molar-refractivity contribution < 1.29 is 18.9 Å². The van der Waals surface area contributed by atoms with E-state index in [9.17, 15) is 24.1 Å². The smallest absolute Gasteiger partial charge is 0.274 e. The molecule has 2 aromatic rings. The third kappa shape index (κ3) is 3.53. The van der Waals surface area contributed by atoms with E-state index < -0.39 is 16.7 Å². The fourth-order valence-electron chi connectivity index (χ4n) is 2.88. The molecule has 134 valence electrons. The zero-order chi connectivity index (χ0) is 18.8. The second kappa shape index (κ2) is 6.91. The van der Waals surface area contributed by atoms with Crippen molar-refractivity contribution in [2.75, 3.05) is 16.8 Å². The highest BCUT2D eigenvalue weighted by atomic mass is 19.1. The molecule has 0 bridgehead atoms. The summed E-state index contributed by atoms with van der Waals surface area (Å²) in [5.41, 5.74) is 1.24. The average molecular weight is 357 g/mol. The van der Waals surface area contributed by atoms with Gasteiger partial charge in [0, 0.05) is 36.0 Å². The van der Waals surface area contributed by atoms with Gasteiger partial charge in [-0.2, -0.15) is 0 Å². The number of nitro benzene ring substituents is 1. The Balaban J connectivity index is 1.71. The van der Waals surface area contributed by atoms with E-state index in [2.05, 4.69) is 5.32 Å². The van der Waals surface area contributed by atoms with Crippen molar-refractivity contribution >= 4 is 28.9 Å². The first-order chi connectivity index (χ1) is 12.3. The normalized spacial score (nSPS) is 16.6. The highest BCUT2D eigenvalue weighted by Crippen LogP contribution is 2.27. The second-order valence-corrected chi connectivity index (χ2v) is 6.13. The molecule has 7 nitrogen and oxygen atoms in total. The molecule has 0 aliphatic carbocycles. The van der Waals surface area contributed by atoms with Crippen LogP contribution in [0.25, 0.3) is 0 Å². The lowest BCUT2D eigenvalue weighted by atomic mass is 10.1. The summed E-state index contributed by atoms with van der Waals surface area (Å²) in [5.74, 6) is -1.61. The summed E-state index contributed by atoms with van der Waals surface area (Å²) in [6.45, 7) is 1.78. The first-order valence-corrected chi connectivity index (χ1v) is 7.97. The number of aryl methyl sites for hydroxylation is 1. The van der Waals surface area contributed by atoms with Gasteiger partial charge >= 0.3 is 0 Å². The average Bonchev–Trinajstić information content (AvgIpc) is 2.99. The molecule has 2 amide bonds. The number of amides is 2. The van der Waals surface area contributed by atoms with Crippen molar-refractivity contribution in [2.24, 2.45) is 5.92 Å². The van der Waals surface area contributed by atoms with E-state index in [0.29, 0.717) is 16.9 Å². The van der Waals surface area contributed by atoms with Crippen LogP contribution in [0, 0.1) is 28.8 Å². The molecule has 0 aromatic heterocycles. The van der Waals surface area contributed by atoms with E-state index in [1.807, 2.05) is 0 Å². The maximum Gasteiger partial charge on any atom is 0.274 e. The molecule has 0 spiro atoms. The third-order valence-electron chi connectivity index (χ3n) is 4.31. The lowest BCUT2D eigenvalue weighted by molar-refractivity contribution is -0.385. The Morgan fingerprint density at radius 2 is 1.96 bits per heavy atom. The highest BCUT2D eigenvalue weighted by molar-refractivity contribution is 6.03. The molecule has 0 unspecified atom stereocenters. The van der Waals surface area contributed by atoms with Crippen molar-refractivity contribution in [3.05, 3.63) is 64.0 Å². The number of benzene rings is 2. The number of halogens is 1. The van der Waals surface area contributed by atoms with E-state index in [1.54, 1.807) is 19.1 Å². The largest absolute Gasteiger partial charge is 0.326 e. The van der Waals surface area contributed by atoms with Crippen LogP contribution in [0.3, 0.4) is 0 Å². The first-order valence-electron chi connectivity index (χ1n) is 7.97. The Morgan fingerprint density at radius 3 is 2.62 bits per heavy atom. The van der Waals surface area contributed by atoms with Crippen molar-refractivity contribution in [2.45, 2.75) is 13.3 Å². The topological polar surface area (TPSA) is 92.6 Å². The van der Waals surface area contributed by atoms with Gasteiger partial charge in [0.05, 0.1) is 10.8 Å². The summed E-state index contributed by atoms with van der Waals surface area (Å²) in [6, 6.07) is 9.89. The van der Waals surface area contributed by atoms with Gasteiger partial charge in [0.1, 0.15) is 5.82 Å². The maximum atomic E-state index is 13.0. The van der Waals surface area contributed by atoms with Gasteiger partial charge in [0.25, 0.3) is 5.69 Å². The molecule has 1 heterocycles. The van der Waals surface area contributed by atoms with Gasteiger partial charge in [0.2, 0.25) is 11.8 Å². The Labute approximate surface area is 148 Å². The van der Waals surface area contributed by atoms with Crippen molar-refractivity contribution in [1.82, 2.24) is 0 Å². The van der Waals surface area contributed by atoms with Crippen LogP contribution in [0.2, 0.25) is 0 Å². The number of hydrogen-bond donors (Lipinski definition) is 1. The molecule has 1 N–H and O–H groups in total. The molecule has 8 heteroatoms. The van der Waals surface area contributed by atoms with Crippen molar-refractivity contribution in [1.29, 1.82) is 0 Å². The maximum absolute atomic E-state index is 13.0. The van der Waals surface area contributed by atoms with E-state index in [-0.39, 0.29) is 30.5 Å². The van der Waals surface area contributed by atoms with Gasteiger partial charge in [-0.3, -0.25) is 19.7 Å². The number of hydrogen-bond acceptors (Lipinski definition) is 4. The number of nitrogens with zero attached hydrogens (tertiary/aromatic N) is 2. The van der Waals surface area contributed by atoms with Crippen molar-refractivity contribution in [3.63, 3.8) is 0 Å². The Bertz CT molecular complexity index is 883. The molecular weight excluding hydrogens is 341 g/mol. The summed E-state index contributed by atoms with van der Waals surface area (Å²) in [4.78, 5) is 36.5. The molecule has 2 aromatic carbocycles. The molecule has 1 atom stereocenters. The fourth-order valence-corrected chi connectivity index (χ4v) is 2.88. The van der Waals surface area contributed by atoms with E-state index in [0.717, 1.165) is 0 Å². The zero-order valence-corrected chi connectivity index (χ0v) is 13.9. The van der Waals surface area contributed by atoms with Crippen LogP contribution >= 0.6 is 0 Å². The minimum atomic E-state index is -0.590. The summed E-state index contributed by atoms with van der Waals surface area (Å²) >= 11 is 0. The van der Waals surface area contributed by atoms with E-state index in [4.69, 9.17) is 0 Å². The summed E-state index contributed by atoms with van der Waals surface area (Å²) in [5, 5.41) is 13.6. The second-order valence-electron chi connectivity index (χ2n) is 6.13. The SMILES string of the molecule is Cc1ccc(NC(=O)[C@H]2CC(=O)N(c3ccc(F)cc3)C2)cc1[N+](=O)[O-]. The highest BCUT2D eigenvalue weighted by Gasteiger charge is 2.35. The molecule has 0 radical (unpaired) electrons. The Kier molecular flexibility index (Phi) is 4.66. The molecule has 1 aliphatic rings. The number of rotatable bonds is 4. The Hall–Kier alpha value is -3.29. The first kappa shape index (κ1) is 17.5. The van der Waals surface area contributed by atoms with Crippen LogP contribution in [0.4, 0.5) is 21.5 Å². The van der Waals surface area contributed by atoms with Gasteiger partial charge in [-0.05, 0) is 37.3 Å². The van der Waals surface area contributed by atoms with Crippen LogP contribution in [0.1, 0.15) is 12.0 Å². The molecule has 26 heavy (non-hydrogen) atoms. The zero-order valence-electron chi connectivity index (χ0n) is 13.9. The van der Waals surface area contributed by atoms with E-state index >= 15 is 0 Å². The molecule has 1 fully saturated rings. The lowest BCUT2D eigenvalue weighted by Gasteiger charge is -2.16. The monoisotopic (exact) mass is 357 g/mol. The quantitative estimate of drug-likeness (QED) is 0.672. The van der Waals surface area contributed by atoms with Gasteiger partial charge in [-0.1, -0.05) is 6.07 Å². The van der Waals surface area contributed by atoms with Crippen LogP contribution in [-0.2, 0) is 9.59 Å². The van der Waals surface area contributed by atoms with Gasteiger partial charge in [-0.25, -0.2) is 4.39 Å². The minimum Gasteiger partial charge on any atom is -0.326 e. The summed E-state index contributed by atoms with van der Waals surface area (Å²) in [7, 11) is 0. The molecule has 1 aliphatic heterocycles. The fraction of sp³-hybridized carbons (Fsp3) is 0.222. The summed E-state index contributed by atoms with van der Waals surface area (Å²) < 4.78 is 13.0. The Morgan fingerprint density at radius 1 is 1.27 bits per heavy atom. The lowest BCUT2D eigenvalue weighted by Crippen LogP contribution is -2.28. The van der Waals surface area contributed by atoms with Gasteiger partial charge < -0.3 is 10.2 Å². The predicted molar refractivity (Wildman–Crippen MR) is 93.3 cm³/mol. The van der Waals surface area contributed by atoms with Gasteiger partial charge in [-0.15, -0.1) is 0 Å². The van der Waals surface area contributed by atoms with Crippen LogP contribution in [0.15, 0.2) is 42.5 Å². The van der Waals surface area contributed by atoms with Crippen LogP contribution in [-0.4, -0.2) is 23.3 Å². The number of nitrogens with one attached hydrogen (secondary N) is 1. The standard InChI is InChI=1S/C18H16FN3O4/c1-11-2-5-14(9-16(11)22(25)26)20-18(24)12-8-17(23)21(10-12)15-6-3-13(19)4-7-15/h2-7,9,12H,8,10H2,1H3,(H,20,24)/t12-/m0/s1. The minimum absolute atomic E-state index is 0.0250. The number of carbonyl (C=O) groups excluding carboxylic acids is 2. The molecule has 0 saturated carbocycles. The van der Waals surface area contributed by atoms with E-state index in [1.165, 1.54) is 35.2 Å². The number of carbonyl (C=O) groups is 2. The van der Waals surface area contributed by atoms with Crippen molar-refractivity contribution in [3.8, 4) is 0 Å². The number of anilines is 2. The van der Waals surface area contributed by atoms with Crippen LogP contribution < -0.4 is 10.2 Å². The summed E-state index contributed by atoms with van der Waals surface area (Å²) in [6.07, 6.45) is 0.0250. The predicted octanol–water partition coefficient (Wildman–Crippen LogP) is 3.03. The molecule has 1 saturated heterocycles. The molecule has 3 rings (SSSR count). The number of nitro groups is 1. The molecular formula is C18H16FN3O4. The third-order valence-corrected chi connectivity index (χ3v) is 4.31. The van der Waals surface area contributed by atoms with Crippen LogP contribution in [0.5, 0.6) is 0 Å².